The summed E-state index contributed by atoms with van der Waals surface area (Å²) in [6, 6.07) is 19.1. The maximum absolute atomic E-state index is 12.9. The molecule has 34 heavy (non-hydrogen) atoms. The Bertz CT molecular complexity index is 1410. The molecule has 0 bridgehead atoms. The fourth-order valence-corrected chi connectivity index (χ4v) is 3.95. The number of nitrogens with one attached hydrogen (secondary N) is 1. The fraction of sp³-hybridized carbons (Fsp3) is 0.250. The second kappa shape index (κ2) is 9.91. The van der Waals surface area contributed by atoms with E-state index >= 15 is 0 Å². The van der Waals surface area contributed by atoms with Crippen molar-refractivity contribution in [1.82, 2.24) is 14.9 Å². The maximum atomic E-state index is 12.9. The zero-order chi connectivity index (χ0) is 24.2. The van der Waals surface area contributed by atoms with Crippen molar-refractivity contribution in [2.24, 2.45) is 0 Å². The Hall–Kier alpha value is -3.93. The molecular formula is C28H29N3O3. The number of aryl methyl sites for hydroxylation is 3. The molecule has 6 heteroatoms. The Morgan fingerprint density at radius 1 is 1.00 bits per heavy atom. The van der Waals surface area contributed by atoms with Crippen LogP contribution in [0.4, 0.5) is 0 Å². The molecule has 0 saturated carbocycles. The Labute approximate surface area is 199 Å². The highest BCUT2D eigenvalue weighted by molar-refractivity contribution is 5.94. The number of carbonyl (C=O) groups is 1. The molecule has 4 aromatic rings. The van der Waals surface area contributed by atoms with Crippen molar-refractivity contribution in [3.8, 4) is 5.75 Å². The number of aromatic nitrogens is 2. The minimum atomic E-state index is -0.161. The van der Waals surface area contributed by atoms with E-state index in [1.54, 1.807) is 23.6 Å². The predicted octanol–water partition coefficient (Wildman–Crippen LogP) is 4.70. The van der Waals surface area contributed by atoms with E-state index in [0.717, 1.165) is 39.0 Å². The van der Waals surface area contributed by atoms with Gasteiger partial charge in [-0.1, -0.05) is 30.3 Å². The molecule has 174 valence electrons. The van der Waals surface area contributed by atoms with Gasteiger partial charge in [-0.15, -0.1) is 0 Å². The van der Waals surface area contributed by atoms with E-state index in [0.29, 0.717) is 31.0 Å². The lowest BCUT2D eigenvalue weighted by Crippen LogP contribution is -2.25. The van der Waals surface area contributed by atoms with Gasteiger partial charge in [0.25, 0.3) is 11.5 Å². The van der Waals surface area contributed by atoms with Crippen LogP contribution in [0.15, 0.2) is 65.5 Å². The van der Waals surface area contributed by atoms with Crippen molar-refractivity contribution < 1.29 is 9.53 Å². The number of hydrogen-bond donors (Lipinski definition) is 1. The number of amides is 1. The summed E-state index contributed by atoms with van der Waals surface area (Å²) in [5, 5.41) is 2.95. The van der Waals surface area contributed by atoms with E-state index in [2.05, 4.69) is 10.3 Å². The van der Waals surface area contributed by atoms with Crippen molar-refractivity contribution in [2.45, 2.75) is 40.8 Å². The fourth-order valence-electron chi connectivity index (χ4n) is 3.95. The summed E-state index contributed by atoms with van der Waals surface area (Å²) in [6.45, 7) is 9.11. The summed E-state index contributed by atoms with van der Waals surface area (Å²) in [6.07, 6.45) is 0. The van der Waals surface area contributed by atoms with Gasteiger partial charge >= 0.3 is 0 Å². The molecule has 1 amide bonds. The van der Waals surface area contributed by atoms with Crippen LogP contribution in [0.25, 0.3) is 11.0 Å². The summed E-state index contributed by atoms with van der Waals surface area (Å²) in [7, 11) is 0. The normalized spacial score (nSPS) is 10.9. The molecule has 6 nitrogen and oxygen atoms in total. The lowest BCUT2D eigenvalue weighted by atomic mass is 10.1. The first-order chi connectivity index (χ1) is 16.4. The third-order valence-corrected chi connectivity index (χ3v) is 5.99. The van der Waals surface area contributed by atoms with Crippen LogP contribution in [0.1, 0.15) is 45.2 Å². The van der Waals surface area contributed by atoms with Crippen LogP contribution in [0.3, 0.4) is 0 Å². The average Bonchev–Trinajstić information content (AvgIpc) is 2.83. The van der Waals surface area contributed by atoms with Gasteiger partial charge in [0.05, 0.1) is 24.2 Å². The SMILES string of the molecule is CCOc1ccccc1CNC(=O)c1ccc(Cn2c(=O)c(C)nc3cc(C)c(C)cc32)cc1. The van der Waals surface area contributed by atoms with Gasteiger partial charge in [0.15, 0.2) is 0 Å². The van der Waals surface area contributed by atoms with Gasteiger partial charge in [0.2, 0.25) is 0 Å². The lowest BCUT2D eigenvalue weighted by molar-refractivity contribution is 0.0950. The quantitative estimate of drug-likeness (QED) is 0.438. The number of hydrogen-bond acceptors (Lipinski definition) is 4. The first-order valence-electron chi connectivity index (χ1n) is 11.4. The first kappa shape index (κ1) is 23.2. The van der Waals surface area contributed by atoms with E-state index in [1.165, 1.54) is 0 Å². The number of fused-ring (bicyclic) bond motifs is 1. The summed E-state index contributed by atoms with van der Waals surface area (Å²) in [4.78, 5) is 30.0. The van der Waals surface area contributed by atoms with Crippen molar-refractivity contribution in [3.63, 3.8) is 0 Å². The van der Waals surface area contributed by atoms with Gasteiger partial charge in [-0.3, -0.25) is 9.59 Å². The largest absolute Gasteiger partial charge is 0.494 e. The van der Waals surface area contributed by atoms with Crippen LogP contribution in [0, 0.1) is 20.8 Å². The second-order valence-corrected chi connectivity index (χ2v) is 8.43. The number of ether oxygens (including phenoxy) is 1. The predicted molar refractivity (Wildman–Crippen MR) is 135 cm³/mol. The van der Waals surface area contributed by atoms with E-state index in [4.69, 9.17) is 4.74 Å². The number of carbonyl (C=O) groups excluding carboxylic acids is 1. The Kier molecular flexibility index (Phi) is 6.77. The molecule has 1 aromatic heterocycles. The van der Waals surface area contributed by atoms with E-state index < -0.39 is 0 Å². The van der Waals surface area contributed by atoms with Crippen molar-refractivity contribution >= 4 is 16.9 Å². The van der Waals surface area contributed by atoms with Crippen LogP contribution in [-0.4, -0.2) is 22.1 Å². The maximum Gasteiger partial charge on any atom is 0.272 e. The molecule has 0 aliphatic heterocycles. The van der Waals surface area contributed by atoms with Crippen LogP contribution in [-0.2, 0) is 13.1 Å². The van der Waals surface area contributed by atoms with Crippen LogP contribution in [0.5, 0.6) is 5.75 Å². The van der Waals surface area contributed by atoms with Gasteiger partial charge in [0.1, 0.15) is 11.4 Å². The zero-order valence-corrected chi connectivity index (χ0v) is 20.0. The third kappa shape index (κ3) is 4.86. The van der Waals surface area contributed by atoms with E-state index in [9.17, 15) is 9.59 Å². The topological polar surface area (TPSA) is 73.2 Å². The van der Waals surface area contributed by atoms with Crippen LogP contribution < -0.4 is 15.6 Å². The van der Waals surface area contributed by atoms with Crippen molar-refractivity contribution in [3.05, 3.63) is 105 Å². The zero-order valence-electron chi connectivity index (χ0n) is 20.0. The van der Waals surface area contributed by atoms with Gasteiger partial charge in [-0.2, -0.15) is 0 Å². The van der Waals surface area contributed by atoms with Crippen LogP contribution in [0.2, 0.25) is 0 Å². The average molecular weight is 456 g/mol. The summed E-state index contributed by atoms with van der Waals surface area (Å²) < 4.78 is 7.38. The van der Waals surface area contributed by atoms with Gasteiger partial charge < -0.3 is 14.6 Å². The molecule has 1 N–H and O–H groups in total. The Morgan fingerprint density at radius 2 is 1.71 bits per heavy atom. The molecule has 0 aliphatic carbocycles. The molecule has 0 unspecified atom stereocenters. The molecular weight excluding hydrogens is 426 g/mol. The summed E-state index contributed by atoms with van der Waals surface area (Å²) in [5.41, 5.74) is 6.67. The lowest BCUT2D eigenvalue weighted by Gasteiger charge is -2.14. The van der Waals surface area contributed by atoms with E-state index in [-0.39, 0.29) is 11.5 Å². The van der Waals surface area contributed by atoms with Crippen molar-refractivity contribution in [2.75, 3.05) is 6.61 Å². The highest BCUT2D eigenvalue weighted by atomic mass is 16.5. The smallest absolute Gasteiger partial charge is 0.272 e. The second-order valence-electron chi connectivity index (χ2n) is 8.43. The highest BCUT2D eigenvalue weighted by Crippen LogP contribution is 2.19. The number of para-hydroxylation sites is 1. The van der Waals surface area contributed by atoms with Gasteiger partial charge in [-0.05, 0) is 74.7 Å². The molecule has 3 aromatic carbocycles. The molecule has 0 fully saturated rings. The van der Waals surface area contributed by atoms with Gasteiger partial charge in [-0.25, -0.2) is 4.98 Å². The number of rotatable bonds is 7. The molecule has 0 spiro atoms. The van der Waals surface area contributed by atoms with E-state index in [1.807, 2.05) is 69.3 Å². The molecule has 1 heterocycles. The third-order valence-electron chi connectivity index (χ3n) is 5.99. The molecule has 4 rings (SSSR count). The standard InChI is InChI=1S/C28H29N3O3/c1-5-34-26-9-7-6-8-23(26)16-29-27(32)22-12-10-21(11-13-22)17-31-25-15-19(3)18(2)14-24(25)30-20(4)28(31)33/h6-15H,5,16-17H2,1-4H3,(H,29,32). The van der Waals surface area contributed by atoms with Gasteiger partial charge in [0, 0.05) is 17.7 Å². The Morgan fingerprint density at radius 3 is 2.44 bits per heavy atom. The Balaban J connectivity index is 1.52. The van der Waals surface area contributed by atoms with Crippen LogP contribution >= 0.6 is 0 Å². The molecule has 0 radical (unpaired) electrons. The molecule has 0 atom stereocenters. The molecule has 0 aliphatic rings. The number of nitrogens with zero attached hydrogens (tertiary/aromatic N) is 2. The summed E-state index contributed by atoms with van der Waals surface area (Å²) >= 11 is 0. The minimum absolute atomic E-state index is 0.106. The highest BCUT2D eigenvalue weighted by Gasteiger charge is 2.12. The minimum Gasteiger partial charge on any atom is -0.494 e. The van der Waals surface area contributed by atoms with Crippen molar-refractivity contribution in [1.29, 1.82) is 0 Å². The monoisotopic (exact) mass is 455 g/mol. The summed E-state index contributed by atoms with van der Waals surface area (Å²) in [5.74, 6) is 0.614. The molecule has 0 saturated heterocycles. The first-order valence-corrected chi connectivity index (χ1v) is 11.4. The number of benzene rings is 3.